The maximum Gasteiger partial charge on any atom is 0.259 e. The minimum atomic E-state index is -1.64. The normalized spacial score (nSPS) is 14.6. The Morgan fingerprint density at radius 2 is 1.78 bits per heavy atom. The molecule has 1 heterocycles. The molecule has 5 nitrogen and oxygen atoms in total. The van der Waals surface area contributed by atoms with Crippen molar-refractivity contribution in [3.05, 3.63) is 118 Å². The highest BCUT2D eigenvalue weighted by Crippen LogP contribution is 2.36. The molecule has 0 aliphatic carbocycles. The Kier molecular flexibility index (Phi) is 6.43. The number of hydrogen-bond acceptors (Lipinski definition) is 3. The molecule has 0 saturated carbocycles. The molecular formula is C28H20ClFN2O3S. The van der Waals surface area contributed by atoms with E-state index in [9.17, 15) is 18.2 Å². The van der Waals surface area contributed by atoms with Crippen LogP contribution in [-0.4, -0.2) is 16.0 Å². The Hall–Kier alpha value is -3.81. The molecule has 5 rings (SSSR count). The summed E-state index contributed by atoms with van der Waals surface area (Å²) in [5.74, 6) is -1.16. The van der Waals surface area contributed by atoms with Crippen molar-refractivity contribution >= 4 is 45.6 Å². The molecule has 8 heteroatoms. The lowest BCUT2D eigenvalue weighted by molar-refractivity contribution is 0.0979. The molecule has 0 radical (unpaired) electrons. The zero-order valence-corrected chi connectivity index (χ0v) is 20.7. The third-order valence-corrected chi connectivity index (χ3v) is 7.68. The van der Waals surface area contributed by atoms with E-state index in [4.69, 9.17) is 11.6 Å². The van der Waals surface area contributed by atoms with Crippen LogP contribution in [0.4, 0.5) is 15.8 Å². The van der Waals surface area contributed by atoms with Crippen LogP contribution in [0.25, 0.3) is 0 Å². The van der Waals surface area contributed by atoms with E-state index >= 15 is 0 Å². The average Bonchev–Trinajstić information content (AvgIpc) is 2.95. The summed E-state index contributed by atoms with van der Waals surface area (Å²) >= 11 is 6.17. The molecule has 36 heavy (non-hydrogen) atoms. The number of nitrogens with zero attached hydrogens (tertiary/aromatic N) is 1. The zero-order chi connectivity index (χ0) is 25.4. The van der Waals surface area contributed by atoms with E-state index in [-0.39, 0.29) is 18.0 Å². The van der Waals surface area contributed by atoms with Crippen LogP contribution < -0.4 is 10.2 Å². The summed E-state index contributed by atoms with van der Waals surface area (Å²) < 4.78 is 27.0. The van der Waals surface area contributed by atoms with Crippen molar-refractivity contribution in [1.29, 1.82) is 0 Å². The predicted molar refractivity (Wildman–Crippen MR) is 139 cm³/mol. The molecule has 180 valence electrons. The van der Waals surface area contributed by atoms with Gasteiger partial charge in [0, 0.05) is 16.3 Å². The van der Waals surface area contributed by atoms with E-state index in [0.717, 1.165) is 5.56 Å². The number of hydrogen-bond donors (Lipinski definition) is 1. The second-order valence-electron chi connectivity index (χ2n) is 8.38. The predicted octanol–water partition coefficient (Wildman–Crippen LogP) is 6.37. The summed E-state index contributed by atoms with van der Waals surface area (Å²) in [5.41, 5.74) is 2.81. The van der Waals surface area contributed by atoms with Crippen molar-refractivity contribution in [2.45, 2.75) is 23.3 Å². The topological polar surface area (TPSA) is 66.5 Å². The van der Waals surface area contributed by atoms with Crippen LogP contribution in [0.2, 0.25) is 5.02 Å². The van der Waals surface area contributed by atoms with Gasteiger partial charge in [-0.25, -0.2) is 8.60 Å². The van der Waals surface area contributed by atoms with Gasteiger partial charge in [0.15, 0.2) is 0 Å². The SMILES string of the molecule is Cc1cc(F)ccc1NC(=O)c1ccc2c(c1)N(Cc1cccc(Cl)c1)C(=O)c1ccccc1S2=O. The molecule has 4 aromatic rings. The number of carbonyl (C=O) groups is 2. The highest BCUT2D eigenvalue weighted by Gasteiger charge is 2.31. The van der Waals surface area contributed by atoms with E-state index in [1.165, 1.54) is 23.1 Å². The number of amides is 2. The summed E-state index contributed by atoms with van der Waals surface area (Å²) in [6, 6.07) is 22.8. The molecule has 1 aliphatic rings. The summed E-state index contributed by atoms with van der Waals surface area (Å²) in [5, 5.41) is 3.31. The van der Waals surface area contributed by atoms with Crippen molar-refractivity contribution in [2.24, 2.45) is 0 Å². The van der Waals surface area contributed by atoms with Gasteiger partial charge in [0.1, 0.15) is 5.82 Å². The van der Waals surface area contributed by atoms with E-state index in [0.29, 0.717) is 37.3 Å². The third kappa shape index (κ3) is 4.55. The van der Waals surface area contributed by atoms with Gasteiger partial charge in [-0.05, 0) is 78.7 Å². The van der Waals surface area contributed by atoms with Crippen LogP contribution in [-0.2, 0) is 17.3 Å². The van der Waals surface area contributed by atoms with Gasteiger partial charge in [0.05, 0.1) is 38.4 Å². The van der Waals surface area contributed by atoms with Crippen LogP contribution in [0.3, 0.4) is 0 Å². The Bertz CT molecular complexity index is 1560. The Labute approximate surface area is 215 Å². The van der Waals surface area contributed by atoms with Gasteiger partial charge in [0.2, 0.25) is 0 Å². The van der Waals surface area contributed by atoms with Crippen molar-refractivity contribution in [3.8, 4) is 0 Å². The fourth-order valence-corrected chi connectivity index (χ4v) is 5.70. The molecule has 1 N–H and O–H groups in total. The van der Waals surface area contributed by atoms with Crippen molar-refractivity contribution in [1.82, 2.24) is 0 Å². The van der Waals surface area contributed by atoms with E-state index < -0.39 is 22.5 Å². The number of anilines is 2. The van der Waals surface area contributed by atoms with Crippen LogP contribution in [0, 0.1) is 12.7 Å². The highest BCUT2D eigenvalue weighted by molar-refractivity contribution is 7.85. The van der Waals surface area contributed by atoms with Crippen molar-refractivity contribution in [2.75, 3.05) is 10.2 Å². The molecule has 2 amide bonds. The first-order valence-electron chi connectivity index (χ1n) is 11.1. The van der Waals surface area contributed by atoms with Crippen LogP contribution in [0.1, 0.15) is 31.8 Å². The number of benzene rings is 4. The Morgan fingerprint density at radius 1 is 0.972 bits per heavy atom. The Morgan fingerprint density at radius 3 is 2.56 bits per heavy atom. The van der Waals surface area contributed by atoms with E-state index in [1.54, 1.807) is 67.6 Å². The average molecular weight is 519 g/mol. The first-order chi connectivity index (χ1) is 17.3. The molecule has 0 spiro atoms. The van der Waals surface area contributed by atoms with E-state index in [2.05, 4.69) is 5.32 Å². The van der Waals surface area contributed by atoms with Gasteiger partial charge in [-0.2, -0.15) is 0 Å². The van der Waals surface area contributed by atoms with E-state index in [1.807, 2.05) is 6.07 Å². The molecular weight excluding hydrogens is 499 g/mol. The van der Waals surface area contributed by atoms with Crippen molar-refractivity contribution < 1.29 is 18.2 Å². The lowest BCUT2D eigenvalue weighted by Gasteiger charge is -2.24. The quantitative estimate of drug-likeness (QED) is 0.341. The first-order valence-corrected chi connectivity index (χ1v) is 12.6. The lowest BCUT2D eigenvalue weighted by atomic mass is 10.1. The largest absolute Gasteiger partial charge is 0.322 e. The fraction of sp³-hybridized carbons (Fsp3) is 0.0714. The number of fused-ring (bicyclic) bond motifs is 2. The van der Waals surface area contributed by atoms with Gasteiger partial charge < -0.3 is 10.2 Å². The van der Waals surface area contributed by atoms with Gasteiger partial charge >= 0.3 is 0 Å². The highest BCUT2D eigenvalue weighted by atomic mass is 35.5. The molecule has 0 saturated heterocycles. The fourth-order valence-electron chi connectivity index (χ4n) is 4.14. The standard InChI is InChI=1S/C28H20ClFN2O3S/c1-17-13-21(30)10-11-23(17)31-27(33)19-9-12-26-24(15-19)32(16-18-5-4-6-20(29)14-18)28(34)22-7-2-3-8-25(22)36(26)35/h2-15H,16H2,1H3,(H,31,33). The third-order valence-electron chi connectivity index (χ3n) is 5.94. The number of nitrogens with one attached hydrogen (secondary N) is 1. The molecule has 0 bridgehead atoms. The van der Waals surface area contributed by atoms with Gasteiger partial charge in [-0.15, -0.1) is 0 Å². The van der Waals surface area contributed by atoms with Crippen LogP contribution in [0.15, 0.2) is 94.7 Å². The summed E-state index contributed by atoms with van der Waals surface area (Å²) in [4.78, 5) is 29.2. The van der Waals surface area contributed by atoms with Crippen molar-refractivity contribution in [3.63, 3.8) is 0 Å². The maximum atomic E-state index is 13.7. The molecule has 4 aromatic carbocycles. The van der Waals surface area contributed by atoms with Crippen LogP contribution >= 0.6 is 11.6 Å². The molecule has 1 aliphatic heterocycles. The number of halogens is 2. The lowest BCUT2D eigenvalue weighted by Crippen LogP contribution is -2.30. The van der Waals surface area contributed by atoms with Gasteiger partial charge in [0.25, 0.3) is 11.8 Å². The van der Waals surface area contributed by atoms with Gasteiger partial charge in [-0.3, -0.25) is 9.59 Å². The monoisotopic (exact) mass is 518 g/mol. The second kappa shape index (κ2) is 9.68. The maximum absolute atomic E-state index is 13.7. The minimum Gasteiger partial charge on any atom is -0.322 e. The smallest absolute Gasteiger partial charge is 0.259 e. The Balaban J connectivity index is 1.59. The minimum absolute atomic E-state index is 0.167. The molecule has 1 unspecified atom stereocenters. The molecule has 0 fully saturated rings. The number of rotatable bonds is 4. The zero-order valence-electron chi connectivity index (χ0n) is 19.1. The number of aryl methyl sites for hydroxylation is 1. The summed E-state index contributed by atoms with van der Waals surface area (Å²) in [7, 11) is -1.64. The molecule has 0 aromatic heterocycles. The van der Waals surface area contributed by atoms with Gasteiger partial charge in [-0.1, -0.05) is 35.9 Å². The summed E-state index contributed by atoms with van der Waals surface area (Å²) in [6.07, 6.45) is 0. The number of carbonyl (C=O) groups excluding carboxylic acids is 2. The van der Waals surface area contributed by atoms with Crippen LogP contribution in [0.5, 0.6) is 0 Å². The summed E-state index contributed by atoms with van der Waals surface area (Å²) in [6.45, 7) is 1.86. The molecule has 1 atom stereocenters. The second-order valence-corrected chi connectivity index (χ2v) is 10.2. The first kappa shape index (κ1) is 23.9.